The van der Waals surface area contributed by atoms with Gasteiger partial charge in [-0.15, -0.1) is 0 Å². The standard InChI is InChI=1S/C27H26N2O4S2/c1-18-7-11-23-22(17-18)9-8-20-10-12-24(33-35(30,31)32)28-26(20)25(23)19-13-15-29(16-14-19)27(34)21-5-3-2-4-6-21/h2-7,10-12,17H,8-9,13-16H2,1H3,(H,30,31,32). The van der Waals surface area contributed by atoms with E-state index in [0.717, 1.165) is 71.7 Å². The molecule has 35 heavy (non-hydrogen) atoms. The molecule has 0 atom stereocenters. The Morgan fingerprint density at radius 3 is 2.40 bits per heavy atom. The van der Waals surface area contributed by atoms with Crippen LogP contribution in [-0.2, 0) is 23.2 Å². The fraction of sp³-hybridized carbons (Fsp3) is 0.259. The number of pyridine rings is 1. The van der Waals surface area contributed by atoms with Gasteiger partial charge in [0.1, 0.15) is 4.99 Å². The molecule has 8 heteroatoms. The van der Waals surface area contributed by atoms with E-state index in [2.05, 4.69) is 35.0 Å². The minimum absolute atomic E-state index is 0.136. The third-order valence-corrected chi connectivity index (χ3v) is 7.48. The molecular weight excluding hydrogens is 480 g/mol. The molecule has 0 radical (unpaired) electrons. The molecule has 1 saturated heterocycles. The maximum atomic E-state index is 11.3. The van der Waals surface area contributed by atoms with Crippen molar-refractivity contribution in [2.24, 2.45) is 0 Å². The number of likely N-dealkylation sites (tertiary alicyclic amines) is 1. The van der Waals surface area contributed by atoms with Gasteiger partial charge in [-0.2, -0.15) is 8.42 Å². The summed E-state index contributed by atoms with van der Waals surface area (Å²) in [5.74, 6) is -0.136. The van der Waals surface area contributed by atoms with Crippen molar-refractivity contribution in [3.8, 4) is 5.88 Å². The average Bonchev–Trinajstić information content (AvgIpc) is 2.99. The van der Waals surface area contributed by atoms with E-state index >= 15 is 0 Å². The quantitative estimate of drug-likeness (QED) is 0.398. The number of aryl methyl sites for hydroxylation is 3. The summed E-state index contributed by atoms with van der Waals surface area (Å²) in [7, 11) is -4.66. The Morgan fingerprint density at radius 1 is 0.971 bits per heavy atom. The fourth-order valence-electron chi connectivity index (χ4n) is 4.96. The van der Waals surface area contributed by atoms with Gasteiger partial charge in [0, 0.05) is 30.3 Å². The predicted molar refractivity (Wildman–Crippen MR) is 140 cm³/mol. The molecule has 1 aliphatic heterocycles. The molecule has 1 fully saturated rings. The van der Waals surface area contributed by atoms with Crippen LogP contribution < -0.4 is 4.18 Å². The van der Waals surface area contributed by atoms with Crippen molar-refractivity contribution in [3.05, 3.63) is 99.7 Å². The van der Waals surface area contributed by atoms with Crippen molar-refractivity contribution in [3.63, 3.8) is 0 Å². The van der Waals surface area contributed by atoms with Crippen molar-refractivity contribution in [2.75, 3.05) is 13.1 Å². The van der Waals surface area contributed by atoms with E-state index in [4.69, 9.17) is 16.4 Å². The highest BCUT2D eigenvalue weighted by Gasteiger charge is 2.27. The number of hydrogen-bond donors (Lipinski definition) is 1. The molecule has 6 nitrogen and oxygen atoms in total. The van der Waals surface area contributed by atoms with Crippen molar-refractivity contribution < 1.29 is 17.2 Å². The molecule has 0 spiro atoms. The fourth-order valence-corrected chi connectivity index (χ4v) is 5.59. The molecule has 1 aromatic heterocycles. The average molecular weight is 507 g/mol. The lowest BCUT2D eigenvalue weighted by molar-refractivity contribution is 0.381. The van der Waals surface area contributed by atoms with Crippen LogP contribution in [0, 0.1) is 6.92 Å². The predicted octanol–water partition coefficient (Wildman–Crippen LogP) is 4.94. The van der Waals surface area contributed by atoms with Gasteiger partial charge in [0.15, 0.2) is 0 Å². The monoisotopic (exact) mass is 506 g/mol. The summed E-state index contributed by atoms with van der Waals surface area (Å²) in [5.41, 5.74) is 8.69. The maximum absolute atomic E-state index is 11.3. The summed E-state index contributed by atoms with van der Waals surface area (Å²) < 4.78 is 36.6. The van der Waals surface area contributed by atoms with Crippen LogP contribution in [0.2, 0.25) is 0 Å². The first-order valence-electron chi connectivity index (χ1n) is 11.6. The highest BCUT2D eigenvalue weighted by molar-refractivity contribution is 7.81. The Bertz CT molecular complexity index is 1420. The summed E-state index contributed by atoms with van der Waals surface area (Å²) in [6.45, 7) is 3.68. The number of fused-ring (bicyclic) bond motifs is 2. The van der Waals surface area contributed by atoms with Crippen molar-refractivity contribution >= 4 is 33.2 Å². The van der Waals surface area contributed by atoms with E-state index in [1.54, 1.807) is 0 Å². The van der Waals surface area contributed by atoms with Crippen LogP contribution in [0.5, 0.6) is 5.88 Å². The number of nitrogens with zero attached hydrogens (tertiary/aromatic N) is 2. The molecule has 0 unspecified atom stereocenters. The summed E-state index contributed by atoms with van der Waals surface area (Å²) in [4.78, 5) is 7.68. The van der Waals surface area contributed by atoms with E-state index in [9.17, 15) is 13.0 Å². The highest BCUT2D eigenvalue weighted by Crippen LogP contribution is 2.39. The maximum Gasteiger partial charge on any atom is 0.447 e. The van der Waals surface area contributed by atoms with Gasteiger partial charge in [-0.3, -0.25) is 4.55 Å². The van der Waals surface area contributed by atoms with Gasteiger partial charge in [-0.1, -0.05) is 78.0 Å². The molecule has 2 aromatic carbocycles. The Kier molecular flexibility index (Phi) is 6.44. The number of aromatic nitrogens is 1. The Hall–Kier alpha value is -3.07. The van der Waals surface area contributed by atoms with Crippen LogP contribution >= 0.6 is 12.2 Å². The van der Waals surface area contributed by atoms with Crippen LogP contribution in [0.3, 0.4) is 0 Å². The zero-order valence-corrected chi connectivity index (χ0v) is 21.0. The largest absolute Gasteiger partial charge is 0.447 e. The number of hydrogen-bond acceptors (Lipinski definition) is 5. The van der Waals surface area contributed by atoms with Gasteiger partial charge in [-0.25, -0.2) is 4.98 Å². The molecule has 2 heterocycles. The zero-order chi connectivity index (χ0) is 24.6. The molecule has 0 bridgehead atoms. The highest BCUT2D eigenvalue weighted by atomic mass is 32.3. The van der Waals surface area contributed by atoms with Gasteiger partial charge in [0.25, 0.3) is 0 Å². The van der Waals surface area contributed by atoms with E-state index in [0.29, 0.717) is 0 Å². The third kappa shape index (κ3) is 5.15. The molecule has 2 aliphatic rings. The van der Waals surface area contributed by atoms with Crippen LogP contribution in [0.4, 0.5) is 0 Å². The molecule has 5 rings (SSSR count). The Labute approximate surface area is 211 Å². The molecular formula is C27H26N2O4S2. The Balaban J connectivity index is 1.56. The minimum Gasteiger partial charge on any atom is -0.362 e. The van der Waals surface area contributed by atoms with E-state index in [1.165, 1.54) is 22.8 Å². The van der Waals surface area contributed by atoms with Crippen LogP contribution in [0.15, 0.2) is 66.2 Å². The number of benzene rings is 2. The van der Waals surface area contributed by atoms with Gasteiger partial charge < -0.3 is 9.08 Å². The van der Waals surface area contributed by atoms with Gasteiger partial charge >= 0.3 is 10.4 Å². The molecule has 0 amide bonds. The summed E-state index contributed by atoms with van der Waals surface area (Å²) in [6, 6.07) is 19.9. The first-order chi connectivity index (χ1) is 16.8. The molecule has 1 aliphatic carbocycles. The SMILES string of the molecule is Cc1ccc2c(c1)CCc1ccc(OS(=O)(=O)O)nc1C2=C1CCN(C(=S)c2ccccc2)CC1. The summed E-state index contributed by atoms with van der Waals surface area (Å²) in [5, 5.41) is 0. The molecule has 3 aromatic rings. The molecule has 180 valence electrons. The van der Waals surface area contributed by atoms with E-state index in [1.807, 2.05) is 36.4 Å². The first-order valence-corrected chi connectivity index (χ1v) is 13.4. The van der Waals surface area contributed by atoms with Gasteiger partial charge in [0.2, 0.25) is 5.88 Å². The number of thiocarbonyl (C=S) groups is 1. The van der Waals surface area contributed by atoms with Gasteiger partial charge in [-0.05, 0) is 49.3 Å². The number of piperidine rings is 1. The second-order valence-electron chi connectivity index (χ2n) is 8.97. The topological polar surface area (TPSA) is 79.7 Å². The van der Waals surface area contributed by atoms with E-state index < -0.39 is 10.4 Å². The molecule has 0 saturated carbocycles. The first kappa shape index (κ1) is 23.7. The number of rotatable bonds is 3. The lowest BCUT2D eigenvalue weighted by Crippen LogP contribution is -2.36. The van der Waals surface area contributed by atoms with Crippen molar-refractivity contribution in [1.29, 1.82) is 0 Å². The van der Waals surface area contributed by atoms with Crippen molar-refractivity contribution in [2.45, 2.75) is 32.6 Å². The van der Waals surface area contributed by atoms with Crippen molar-refractivity contribution in [1.82, 2.24) is 9.88 Å². The van der Waals surface area contributed by atoms with Crippen LogP contribution in [0.25, 0.3) is 5.57 Å². The third-order valence-electron chi connectivity index (χ3n) is 6.60. The normalized spacial score (nSPS) is 15.8. The minimum atomic E-state index is -4.66. The van der Waals surface area contributed by atoms with E-state index in [-0.39, 0.29) is 5.88 Å². The van der Waals surface area contributed by atoms with Crippen LogP contribution in [-0.4, -0.2) is 40.9 Å². The second kappa shape index (κ2) is 9.53. The smallest absolute Gasteiger partial charge is 0.362 e. The van der Waals surface area contributed by atoms with Crippen LogP contribution in [0.1, 0.15) is 46.4 Å². The zero-order valence-electron chi connectivity index (χ0n) is 19.4. The lowest BCUT2D eigenvalue weighted by Gasteiger charge is -2.32. The lowest BCUT2D eigenvalue weighted by atomic mass is 9.88. The van der Waals surface area contributed by atoms with Gasteiger partial charge in [0.05, 0.1) is 5.69 Å². The summed E-state index contributed by atoms with van der Waals surface area (Å²) >= 11 is 5.77. The summed E-state index contributed by atoms with van der Waals surface area (Å²) in [6.07, 6.45) is 3.29. The Morgan fingerprint density at radius 2 is 1.69 bits per heavy atom. The molecule has 1 N–H and O–H groups in total. The second-order valence-corrected chi connectivity index (χ2v) is 10.4.